The van der Waals surface area contributed by atoms with Gasteiger partial charge in [-0.15, -0.1) is 0 Å². The number of aromatic nitrogens is 4. The lowest BCUT2D eigenvalue weighted by Crippen LogP contribution is -2.30. The highest BCUT2D eigenvalue weighted by atomic mass is 15.4. The molecular weight excluding hydrogens is 420 g/mol. The van der Waals surface area contributed by atoms with Gasteiger partial charge in [0.15, 0.2) is 11.6 Å². The number of hydrogen-bond acceptors (Lipinski definition) is 5. The van der Waals surface area contributed by atoms with Crippen LogP contribution in [0.3, 0.4) is 0 Å². The van der Waals surface area contributed by atoms with Crippen molar-refractivity contribution >= 4 is 17.3 Å². The van der Waals surface area contributed by atoms with Crippen molar-refractivity contribution in [3.05, 3.63) is 120 Å². The molecule has 3 aromatic carbocycles. The molecule has 164 valence electrons. The maximum Gasteiger partial charge on any atom is 0.178 e. The summed E-state index contributed by atoms with van der Waals surface area (Å²) in [6, 6.07) is 28.3. The Hall–Kier alpha value is -4.45. The van der Waals surface area contributed by atoms with Crippen LogP contribution in [0.2, 0.25) is 0 Å². The Morgan fingerprint density at radius 2 is 1.47 bits per heavy atom. The van der Waals surface area contributed by atoms with Crippen LogP contribution in [0, 0.1) is 0 Å². The van der Waals surface area contributed by atoms with Crippen molar-refractivity contribution in [2.24, 2.45) is 0 Å². The van der Waals surface area contributed by atoms with Gasteiger partial charge < -0.3 is 9.80 Å². The Balaban J connectivity index is 1.50. The zero-order chi connectivity index (χ0) is 22.7. The second kappa shape index (κ2) is 7.02. The average molecular weight is 443 g/mol. The molecule has 7 rings (SSSR count). The molecule has 0 unspecified atom stereocenters. The molecule has 5 aromatic rings. The van der Waals surface area contributed by atoms with E-state index in [-0.39, 0.29) is 0 Å². The van der Waals surface area contributed by atoms with E-state index in [1.165, 1.54) is 27.8 Å². The molecule has 0 fully saturated rings. The van der Waals surface area contributed by atoms with E-state index in [0.29, 0.717) is 6.67 Å². The number of nitrogens with zero attached hydrogens (tertiary/aromatic N) is 5. The predicted molar refractivity (Wildman–Crippen MR) is 133 cm³/mol. The van der Waals surface area contributed by atoms with Gasteiger partial charge in [-0.1, -0.05) is 60.7 Å². The van der Waals surface area contributed by atoms with E-state index in [0.717, 1.165) is 23.0 Å². The largest absolute Gasteiger partial charge is 0.338 e. The number of hydrogen-bond donors (Lipinski definition) is 1. The van der Waals surface area contributed by atoms with Gasteiger partial charge in [0.25, 0.3) is 0 Å². The summed E-state index contributed by atoms with van der Waals surface area (Å²) in [5.74, 6) is 1.78. The van der Waals surface area contributed by atoms with Crippen molar-refractivity contribution < 1.29 is 0 Å². The molecule has 0 bridgehead atoms. The first-order valence-electron chi connectivity index (χ1n) is 11.4. The summed E-state index contributed by atoms with van der Waals surface area (Å²) < 4.78 is 0. The molecule has 1 N–H and O–H groups in total. The predicted octanol–water partition coefficient (Wildman–Crippen LogP) is 5.11. The van der Waals surface area contributed by atoms with Crippen molar-refractivity contribution in [3.63, 3.8) is 0 Å². The van der Waals surface area contributed by atoms with Gasteiger partial charge >= 0.3 is 0 Å². The van der Waals surface area contributed by atoms with E-state index in [9.17, 15) is 0 Å². The molecule has 6 heteroatoms. The van der Waals surface area contributed by atoms with Crippen LogP contribution in [-0.4, -0.2) is 33.9 Å². The minimum atomic E-state index is -0.490. The zero-order valence-corrected chi connectivity index (χ0v) is 18.7. The molecule has 1 aliphatic heterocycles. The number of benzene rings is 3. The number of anilines is 3. The van der Waals surface area contributed by atoms with Crippen LogP contribution >= 0.6 is 0 Å². The summed E-state index contributed by atoms with van der Waals surface area (Å²) in [4.78, 5) is 13.5. The quantitative estimate of drug-likeness (QED) is 0.413. The Kier molecular flexibility index (Phi) is 3.94. The van der Waals surface area contributed by atoms with Gasteiger partial charge in [0.1, 0.15) is 0 Å². The number of rotatable bonds is 3. The van der Waals surface area contributed by atoms with Gasteiger partial charge in [-0.2, -0.15) is 5.10 Å². The number of fused-ring (bicyclic) bond motifs is 4. The average Bonchev–Trinajstić information content (AvgIpc) is 3.61. The van der Waals surface area contributed by atoms with Gasteiger partial charge in [0.2, 0.25) is 0 Å². The van der Waals surface area contributed by atoms with E-state index >= 15 is 0 Å². The van der Waals surface area contributed by atoms with Gasteiger partial charge in [-0.25, -0.2) is 9.97 Å². The van der Waals surface area contributed by atoms with Gasteiger partial charge in [-0.3, -0.25) is 5.10 Å². The molecule has 0 saturated carbocycles. The summed E-state index contributed by atoms with van der Waals surface area (Å²) >= 11 is 0. The van der Waals surface area contributed by atoms with Gasteiger partial charge in [-0.05, 0) is 46.0 Å². The normalized spacial score (nSPS) is 15.2. The maximum atomic E-state index is 4.64. The van der Waals surface area contributed by atoms with Crippen molar-refractivity contribution in [1.29, 1.82) is 0 Å². The van der Waals surface area contributed by atoms with Crippen molar-refractivity contribution in [3.8, 4) is 11.1 Å². The number of aromatic amines is 1. The maximum absolute atomic E-state index is 4.64. The highest BCUT2D eigenvalue weighted by molar-refractivity contribution is 5.86. The molecule has 6 nitrogen and oxygen atoms in total. The molecule has 3 heterocycles. The lowest BCUT2D eigenvalue weighted by atomic mass is 9.70. The lowest BCUT2D eigenvalue weighted by Gasteiger charge is -2.32. The van der Waals surface area contributed by atoms with Crippen LogP contribution in [0.4, 0.5) is 17.3 Å². The highest BCUT2D eigenvalue weighted by Crippen LogP contribution is 2.55. The van der Waals surface area contributed by atoms with Crippen molar-refractivity contribution in [1.82, 2.24) is 20.2 Å². The Morgan fingerprint density at radius 3 is 2.18 bits per heavy atom. The molecule has 0 atom stereocenters. The van der Waals surface area contributed by atoms with Crippen LogP contribution < -0.4 is 9.80 Å². The molecular formula is C28H22N6. The van der Waals surface area contributed by atoms with Gasteiger partial charge in [0.05, 0.1) is 17.8 Å². The topological polar surface area (TPSA) is 60.9 Å². The zero-order valence-electron chi connectivity index (χ0n) is 18.7. The molecule has 0 amide bonds. The van der Waals surface area contributed by atoms with E-state index in [4.69, 9.17) is 0 Å². The monoisotopic (exact) mass is 442 g/mol. The highest BCUT2D eigenvalue weighted by Gasteiger charge is 2.47. The van der Waals surface area contributed by atoms with E-state index < -0.39 is 5.41 Å². The van der Waals surface area contributed by atoms with Crippen LogP contribution in [0.1, 0.15) is 22.4 Å². The third-order valence-corrected chi connectivity index (χ3v) is 7.08. The standard InChI is InChI=1S/C28H22N6/c1-33-18-34(27-26(33)29-15-16-30-27)20-8-6-7-19(17-20)28(25-13-14-31-32-25)23-11-4-2-9-21(23)22-10-3-5-12-24(22)28/h2-17H,18H2,1H3,(H,31,32). The summed E-state index contributed by atoms with van der Waals surface area (Å²) in [7, 11) is 2.05. The second-order valence-corrected chi connectivity index (χ2v) is 8.83. The Morgan fingerprint density at radius 1 is 0.765 bits per heavy atom. The lowest BCUT2D eigenvalue weighted by molar-refractivity contribution is 0.727. The molecule has 0 spiro atoms. The fraction of sp³-hybridized carbons (Fsp3) is 0.107. The molecule has 0 radical (unpaired) electrons. The number of nitrogens with one attached hydrogen (secondary N) is 1. The molecule has 34 heavy (non-hydrogen) atoms. The third-order valence-electron chi connectivity index (χ3n) is 7.08. The Bertz CT molecular complexity index is 1480. The van der Waals surface area contributed by atoms with Crippen LogP contribution in [0.5, 0.6) is 0 Å². The van der Waals surface area contributed by atoms with E-state index in [1.54, 1.807) is 12.4 Å². The SMILES string of the molecule is CN1CN(c2cccc(C3(c4ccn[nH]4)c4ccccc4-c4ccccc43)c2)c2nccnc21. The molecule has 0 saturated heterocycles. The molecule has 2 aliphatic rings. The summed E-state index contributed by atoms with van der Waals surface area (Å²) in [5.41, 5.74) is 7.88. The minimum absolute atomic E-state index is 0.490. The van der Waals surface area contributed by atoms with Crippen molar-refractivity contribution in [2.45, 2.75) is 5.41 Å². The number of H-pyrrole nitrogens is 1. The third kappa shape index (κ3) is 2.42. The summed E-state index contributed by atoms with van der Waals surface area (Å²) in [5, 5.41) is 7.68. The Labute approximate surface area is 197 Å². The fourth-order valence-corrected chi connectivity index (χ4v) is 5.70. The smallest absolute Gasteiger partial charge is 0.178 e. The van der Waals surface area contributed by atoms with Gasteiger partial charge in [0, 0.05) is 31.3 Å². The van der Waals surface area contributed by atoms with Crippen LogP contribution in [0.15, 0.2) is 97.5 Å². The molecule has 2 aromatic heterocycles. The van der Waals surface area contributed by atoms with E-state index in [1.807, 2.05) is 13.2 Å². The van der Waals surface area contributed by atoms with E-state index in [2.05, 4.69) is 109 Å². The van der Waals surface area contributed by atoms with Crippen LogP contribution in [0.25, 0.3) is 11.1 Å². The van der Waals surface area contributed by atoms with Crippen LogP contribution in [-0.2, 0) is 5.41 Å². The first-order chi connectivity index (χ1) is 16.8. The first-order valence-corrected chi connectivity index (χ1v) is 11.4. The first kappa shape index (κ1) is 19.1. The fourth-order valence-electron chi connectivity index (χ4n) is 5.70. The second-order valence-electron chi connectivity index (χ2n) is 8.83. The van der Waals surface area contributed by atoms with Crippen molar-refractivity contribution in [2.75, 3.05) is 23.5 Å². The summed E-state index contributed by atoms with van der Waals surface area (Å²) in [6.45, 7) is 0.701. The summed E-state index contributed by atoms with van der Waals surface area (Å²) in [6.07, 6.45) is 5.34. The minimum Gasteiger partial charge on any atom is -0.338 e. The molecule has 1 aliphatic carbocycles.